The summed E-state index contributed by atoms with van der Waals surface area (Å²) in [7, 11) is 0. The van der Waals surface area contributed by atoms with Crippen molar-refractivity contribution in [1.29, 1.82) is 0 Å². The fraction of sp³-hybridized carbons (Fsp3) is 0. The zero-order valence-electron chi connectivity index (χ0n) is 28.3. The molecule has 5 heteroatoms. The molecule has 8 aromatic carbocycles. The van der Waals surface area contributed by atoms with Gasteiger partial charge in [0.25, 0.3) is 0 Å². The van der Waals surface area contributed by atoms with E-state index in [2.05, 4.69) is 157 Å². The fourth-order valence-corrected chi connectivity index (χ4v) is 8.72. The Hall–Kier alpha value is -6.14. The summed E-state index contributed by atoms with van der Waals surface area (Å²) in [6.07, 6.45) is 0. The zero-order valence-corrected chi connectivity index (χ0v) is 29.0. The van der Waals surface area contributed by atoms with Gasteiger partial charge in [-0.1, -0.05) is 78.8 Å². The van der Waals surface area contributed by atoms with E-state index in [4.69, 9.17) is 11.3 Å². The van der Waals surface area contributed by atoms with Gasteiger partial charge in [0, 0.05) is 28.2 Å². The SMILES string of the molecule is [2H]c1cc2cc(N(c3ccc(-c4nc5ccccc5s4)cc3)c3ccc(-c4nc5ccccc5s4)cc3)ccc2cc1-c1ccc2ccccc2c1. The van der Waals surface area contributed by atoms with E-state index in [9.17, 15) is 0 Å². The summed E-state index contributed by atoms with van der Waals surface area (Å²) in [4.78, 5) is 12.1. The molecule has 0 bridgehead atoms. The number of thiazole rings is 2. The molecule has 0 spiro atoms. The number of fused-ring (bicyclic) bond motifs is 4. The molecule has 2 aromatic heterocycles. The van der Waals surface area contributed by atoms with Crippen LogP contribution in [0.3, 0.4) is 0 Å². The molecule has 0 aliphatic carbocycles. The number of nitrogens with zero attached hydrogens (tertiary/aromatic N) is 3. The van der Waals surface area contributed by atoms with Crippen LogP contribution in [-0.2, 0) is 0 Å². The summed E-state index contributed by atoms with van der Waals surface area (Å²) in [6, 6.07) is 59.9. The van der Waals surface area contributed by atoms with Crippen LogP contribution in [0.5, 0.6) is 0 Å². The van der Waals surface area contributed by atoms with Gasteiger partial charge in [-0.05, 0) is 130 Å². The van der Waals surface area contributed by atoms with E-state index in [0.717, 1.165) is 71.1 Å². The Morgan fingerprint density at radius 3 is 1.49 bits per heavy atom. The molecule has 51 heavy (non-hydrogen) atoms. The second-order valence-corrected chi connectivity index (χ2v) is 14.7. The maximum absolute atomic E-state index is 9.07. The van der Waals surface area contributed by atoms with Crippen LogP contribution < -0.4 is 4.90 Å². The molecule has 0 fully saturated rings. The smallest absolute Gasteiger partial charge is 0.124 e. The third-order valence-corrected chi connectivity index (χ3v) is 11.6. The highest BCUT2D eigenvalue weighted by Gasteiger charge is 2.16. The van der Waals surface area contributed by atoms with Crippen molar-refractivity contribution in [2.24, 2.45) is 0 Å². The molecular weight excluding hydrogens is 659 g/mol. The van der Waals surface area contributed by atoms with Gasteiger partial charge in [-0.25, -0.2) is 9.97 Å². The Balaban J connectivity index is 1.05. The monoisotopic (exact) mass is 688 g/mol. The Kier molecular flexibility index (Phi) is 6.93. The quantitative estimate of drug-likeness (QED) is 0.174. The summed E-state index contributed by atoms with van der Waals surface area (Å²) in [5, 5.41) is 6.51. The molecule has 0 unspecified atom stereocenters. The molecule has 0 saturated carbocycles. The van der Waals surface area contributed by atoms with Crippen LogP contribution in [0.4, 0.5) is 17.1 Å². The molecule has 0 atom stereocenters. The predicted octanol–water partition coefficient (Wildman–Crippen LogP) is 13.7. The normalized spacial score (nSPS) is 11.8. The van der Waals surface area contributed by atoms with E-state index in [1.165, 1.54) is 20.2 Å². The molecule has 0 amide bonds. The lowest BCUT2D eigenvalue weighted by molar-refractivity contribution is 1.29. The molecule has 10 rings (SSSR count). The number of hydrogen-bond acceptors (Lipinski definition) is 5. The van der Waals surface area contributed by atoms with E-state index < -0.39 is 0 Å². The van der Waals surface area contributed by atoms with Crippen LogP contribution >= 0.6 is 22.7 Å². The van der Waals surface area contributed by atoms with E-state index in [1.54, 1.807) is 22.7 Å². The van der Waals surface area contributed by atoms with Gasteiger partial charge >= 0.3 is 0 Å². The molecular formula is C46H29N3S2. The zero-order chi connectivity index (χ0) is 34.6. The van der Waals surface area contributed by atoms with Gasteiger partial charge in [-0.3, -0.25) is 0 Å². The van der Waals surface area contributed by atoms with Crippen molar-refractivity contribution >= 4 is 81.7 Å². The lowest BCUT2D eigenvalue weighted by Crippen LogP contribution is -2.09. The first-order valence-corrected chi connectivity index (χ1v) is 18.5. The summed E-state index contributed by atoms with van der Waals surface area (Å²) < 4.78 is 11.4. The number of rotatable bonds is 6. The molecule has 3 nitrogen and oxygen atoms in total. The number of hydrogen-bond donors (Lipinski definition) is 0. The highest BCUT2D eigenvalue weighted by molar-refractivity contribution is 7.22. The minimum atomic E-state index is 0.506. The van der Waals surface area contributed by atoms with Gasteiger partial charge in [0.05, 0.1) is 21.8 Å². The average Bonchev–Trinajstić information content (AvgIpc) is 3.83. The Bertz CT molecular complexity index is 2740. The maximum Gasteiger partial charge on any atom is 0.124 e. The molecule has 0 radical (unpaired) electrons. The molecule has 240 valence electrons. The second-order valence-electron chi connectivity index (χ2n) is 12.6. The standard InChI is InChI=1S/C46H29N3S2/c1-2-8-33-27-34(14-13-30(33)7-1)35-15-16-37-29-40(26-21-36(37)28-35)49(38-22-17-31(18-23-38)45-47-41-9-3-5-11-43(41)50-45)39-24-19-32(20-25-39)46-48-42-10-4-6-12-44(42)51-46/h1-29H/i15D. The van der Waals surface area contributed by atoms with Crippen molar-refractivity contribution in [3.63, 3.8) is 0 Å². The highest BCUT2D eigenvalue weighted by atomic mass is 32.1. The van der Waals surface area contributed by atoms with Crippen LogP contribution in [0.2, 0.25) is 0 Å². The Labute approximate surface area is 304 Å². The van der Waals surface area contributed by atoms with E-state index in [-0.39, 0.29) is 0 Å². The second kappa shape index (κ2) is 12.3. The van der Waals surface area contributed by atoms with E-state index in [1.807, 2.05) is 18.2 Å². The molecule has 0 saturated heterocycles. The van der Waals surface area contributed by atoms with Gasteiger partial charge in [-0.15, -0.1) is 22.7 Å². The van der Waals surface area contributed by atoms with Crippen molar-refractivity contribution in [3.8, 4) is 32.3 Å². The van der Waals surface area contributed by atoms with Crippen LogP contribution in [0.15, 0.2) is 176 Å². The van der Waals surface area contributed by atoms with Crippen molar-refractivity contribution in [1.82, 2.24) is 9.97 Å². The summed E-state index contributed by atoms with van der Waals surface area (Å²) in [6.45, 7) is 0. The van der Waals surface area contributed by atoms with Crippen LogP contribution in [0, 0.1) is 0 Å². The average molecular weight is 689 g/mol. The molecule has 0 N–H and O–H groups in total. The highest BCUT2D eigenvalue weighted by Crippen LogP contribution is 2.40. The summed E-state index contributed by atoms with van der Waals surface area (Å²) in [5.41, 5.74) is 9.31. The maximum atomic E-state index is 9.07. The van der Waals surface area contributed by atoms with Gasteiger partial charge in [-0.2, -0.15) is 0 Å². The van der Waals surface area contributed by atoms with Crippen molar-refractivity contribution < 1.29 is 1.37 Å². The predicted molar refractivity (Wildman–Crippen MR) is 219 cm³/mol. The number of anilines is 3. The van der Waals surface area contributed by atoms with Crippen molar-refractivity contribution in [2.45, 2.75) is 0 Å². The molecule has 2 heterocycles. The number of para-hydroxylation sites is 2. The molecule has 10 aromatic rings. The third kappa shape index (κ3) is 5.53. The summed E-state index contributed by atoms with van der Waals surface area (Å²) >= 11 is 3.43. The van der Waals surface area contributed by atoms with E-state index in [0.29, 0.717) is 6.04 Å². The minimum absolute atomic E-state index is 0.506. The largest absolute Gasteiger partial charge is 0.310 e. The fourth-order valence-electron chi connectivity index (χ4n) is 6.78. The van der Waals surface area contributed by atoms with Crippen LogP contribution in [0.1, 0.15) is 1.37 Å². The Morgan fingerprint density at radius 1 is 0.392 bits per heavy atom. The van der Waals surface area contributed by atoms with Gasteiger partial charge < -0.3 is 4.90 Å². The molecule has 0 aliphatic heterocycles. The van der Waals surface area contributed by atoms with Gasteiger partial charge in [0.1, 0.15) is 10.0 Å². The van der Waals surface area contributed by atoms with Crippen LogP contribution in [0.25, 0.3) is 74.2 Å². The molecule has 0 aliphatic rings. The van der Waals surface area contributed by atoms with Crippen LogP contribution in [-0.4, -0.2) is 9.97 Å². The Morgan fingerprint density at radius 2 is 0.863 bits per heavy atom. The van der Waals surface area contributed by atoms with Crippen molar-refractivity contribution in [2.75, 3.05) is 4.90 Å². The third-order valence-electron chi connectivity index (χ3n) is 9.40. The minimum Gasteiger partial charge on any atom is -0.310 e. The first kappa shape index (κ1) is 28.7. The number of aromatic nitrogens is 2. The topological polar surface area (TPSA) is 29.0 Å². The number of benzene rings is 8. The first-order valence-electron chi connectivity index (χ1n) is 17.4. The summed E-state index contributed by atoms with van der Waals surface area (Å²) in [5.74, 6) is 0. The van der Waals surface area contributed by atoms with Gasteiger partial charge in [0.15, 0.2) is 0 Å². The first-order chi connectivity index (χ1) is 25.6. The lowest BCUT2D eigenvalue weighted by Gasteiger charge is -2.26. The van der Waals surface area contributed by atoms with Crippen molar-refractivity contribution in [3.05, 3.63) is 176 Å². The lowest BCUT2D eigenvalue weighted by atomic mass is 9.98. The van der Waals surface area contributed by atoms with Gasteiger partial charge in [0.2, 0.25) is 0 Å². The van der Waals surface area contributed by atoms with E-state index >= 15 is 0 Å².